The first-order valence-corrected chi connectivity index (χ1v) is 9.93. The third kappa shape index (κ3) is 3.72. The molecule has 0 aliphatic carbocycles. The van der Waals surface area contributed by atoms with Gasteiger partial charge >= 0.3 is 0 Å². The van der Waals surface area contributed by atoms with Crippen molar-refractivity contribution in [1.29, 1.82) is 0 Å². The molecule has 2 heterocycles. The van der Waals surface area contributed by atoms with Gasteiger partial charge in [-0.2, -0.15) is 10.2 Å². The largest absolute Gasteiger partial charge is 0.350 e. The van der Waals surface area contributed by atoms with Crippen molar-refractivity contribution in [2.24, 2.45) is 0 Å². The minimum absolute atomic E-state index is 0.0214. The maximum atomic E-state index is 13.8. The van der Waals surface area contributed by atoms with E-state index in [1.807, 2.05) is 37.3 Å². The summed E-state index contributed by atoms with van der Waals surface area (Å²) in [6, 6.07) is 14.8. The van der Waals surface area contributed by atoms with Crippen molar-refractivity contribution in [2.45, 2.75) is 33.4 Å². The Bertz CT molecular complexity index is 1330. The van der Waals surface area contributed by atoms with Crippen molar-refractivity contribution in [1.82, 2.24) is 24.9 Å². The Morgan fingerprint density at radius 3 is 2.45 bits per heavy atom. The van der Waals surface area contributed by atoms with Gasteiger partial charge in [-0.3, -0.25) is 9.59 Å². The molecule has 0 spiro atoms. The number of fused-ring (bicyclic) bond motifs is 1. The lowest BCUT2D eigenvalue weighted by molar-refractivity contribution is -0.124. The Morgan fingerprint density at radius 1 is 1.06 bits per heavy atom. The van der Waals surface area contributed by atoms with Crippen LogP contribution in [0.4, 0.5) is 4.39 Å². The maximum Gasteiger partial charge on any atom is 0.295 e. The van der Waals surface area contributed by atoms with Crippen molar-refractivity contribution >= 4 is 16.8 Å². The number of rotatable bonds is 5. The molecule has 4 rings (SSSR count). The lowest BCUT2D eigenvalue weighted by Crippen LogP contribution is -2.37. The van der Waals surface area contributed by atoms with E-state index < -0.39 is 23.3 Å². The Balaban J connectivity index is 1.68. The molecule has 0 fully saturated rings. The molecule has 0 aliphatic heterocycles. The van der Waals surface area contributed by atoms with E-state index in [2.05, 4.69) is 15.5 Å². The minimum atomic E-state index is -0.885. The SMILES string of the molecule is Cc1nn([C@H](C)C(=O)NCc2ccccc2F)c(=O)c2nn(-c3ccccc3)c(C)c12. The minimum Gasteiger partial charge on any atom is -0.350 e. The van der Waals surface area contributed by atoms with Crippen LogP contribution in [0.5, 0.6) is 0 Å². The van der Waals surface area contributed by atoms with Gasteiger partial charge in [-0.15, -0.1) is 0 Å². The standard InChI is InChI=1S/C23H22FN5O2/c1-14-20-15(2)28(18-10-5-4-6-11-18)27-21(20)23(31)29(26-14)16(3)22(30)25-13-17-9-7-8-12-19(17)24/h4-12,16H,13H2,1-3H3,(H,25,30)/t16-/m1/s1. The lowest BCUT2D eigenvalue weighted by atomic mass is 10.2. The Morgan fingerprint density at radius 2 is 1.74 bits per heavy atom. The van der Waals surface area contributed by atoms with Crippen LogP contribution in [0.15, 0.2) is 59.4 Å². The molecule has 0 aliphatic rings. The molecule has 0 radical (unpaired) electrons. The molecule has 2 aromatic carbocycles. The van der Waals surface area contributed by atoms with Crippen molar-refractivity contribution in [3.05, 3.63) is 87.7 Å². The van der Waals surface area contributed by atoms with Crippen LogP contribution in [0.1, 0.15) is 29.9 Å². The first kappa shape index (κ1) is 20.5. The fourth-order valence-corrected chi connectivity index (χ4v) is 3.62. The summed E-state index contributed by atoms with van der Waals surface area (Å²) in [5, 5.41) is 12.2. The Labute approximate surface area is 178 Å². The molecule has 0 saturated heterocycles. The maximum absolute atomic E-state index is 13.8. The van der Waals surface area contributed by atoms with Crippen LogP contribution < -0.4 is 10.9 Å². The number of para-hydroxylation sites is 1. The van der Waals surface area contributed by atoms with E-state index in [-0.39, 0.29) is 12.1 Å². The summed E-state index contributed by atoms with van der Waals surface area (Å²) in [6.07, 6.45) is 0. The Kier molecular flexibility index (Phi) is 5.37. The van der Waals surface area contributed by atoms with Gasteiger partial charge in [0.15, 0.2) is 5.52 Å². The quantitative estimate of drug-likeness (QED) is 0.539. The van der Waals surface area contributed by atoms with Crippen LogP contribution in [0, 0.1) is 19.7 Å². The van der Waals surface area contributed by atoms with E-state index in [1.165, 1.54) is 6.07 Å². The van der Waals surface area contributed by atoms with E-state index in [0.29, 0.717) is 16.6 Å². The number of aryl methyl sites for hydroxylation is 2. The van der Waals surface area contributed by atoms with Gasteiger partial charge in [0.1, 0.15) is 11.9 Å². The predicted octanol–water partition coefficient (Wildman–Crippen LogP) is 3.22. The van der Waals surface area contributed by atoms with Crippen LogP contribution in [-0.4, -0.2) is 25.5 Å². The first-order chi connectivity index (χ1) is 14.9. The molecule has 1 atom stereocenters. The second-order valence-corrected chi connectivity index (χ2v) is 7.38. The first-order valence-electron chi connectivity index (χ1n) is 9.93. The van der Waals surface area contributed by atoms with Gasteiger partial charge in [0.2, 0.25) is 5.91 Å². The molecule has 0 saturated carbocycles. The molecule has 0 bridgehead atoms. The number of amides is 1. The van der Waals surface area contributed by atoms with Crippen LogP contribution in [-0.2, 0) is 11.3 Å². The zero-order chi connectivity index (χ0) is 22.1. The van der Waals surface area contributed by atoms with Gasteiger partial charge in [-0.25, -0.2) is 13.8 Å². The highest BCUT2D eigenvalue weighted by atomic mass is 19.1. The van der Waals surface area contributed by atoms with Gasteiger partial charge in [-0.1, -0.05) is 36.4 Å². The van der Waals surface area contributed by atoms with Crippen molar-refractivity contribution < 1.29 is 9.18 Å². The monoisotopic (exact) mass is 419 g/mol. The lowest BCUT2D eigenvalue weighted by Gasteiger charge is -2.15. The summed E-state index contributed by atoms with van der Waals surface area (Å²) in [5.74, 6) is -0.833. The van der Waals surface area contributed by atoms with E-state index in [9.17, 15) is 14.0 Å². The molecule has 1 amide bonds. The highest BCUT2D eigenvalue weighted by molar-refractivity contribution is 5.84. The number of benzene rings is 2. The highest BCUT2D eigenvalue weighted by Gasteiger charge is 2.23. The topological polar surface area (TPSA) is 81.8 Å². The molecular weight excluding hydrogens is 397 g/mol. The predicted molar refractivity (Wildman–Crippen MR) is 116 cm³/mol. The average Bonchev–Trinajstić information content (AvgIpc) is 3.13. The number of aromatic nitrogens is 4. The van der Waals surface area contributed by atoms with Crippen LogP contribution in [0.3, 0.4) is 0 Å². The molecule has 7 nitrogen and oxygen atoms in total. The van der Waals surface area contributed by atoms with Crippen molar-refractivity contribution in [3.63, 3.8) is 0 Å². The van der Waals surface area contributed by atoms with Gasteiger partial charge in [0, 0.05) is 12.1 Å². The second-order valence-electron chi connectivity index (χ2n) is 7.38. The van der Waals surface area contributed by atoms with Gasteiger partial charge in [-0.05, 0) is 39.0 Å². The number of carbonyl (C=O) groups is 1. The number of hydrogen-bond acceptors (Lipinski definition) is 4. The van der Waals surface area contributed by atoms with Crippen LogP contribution >= 0.6 is 0 Å². The van der Waals surface area contributed by atoms with Crippen LogP contribution in [0.2, 0.25) is 0 Å². The second kappa shape index (κ2) is 8.14. The van der Waals surface area contributed by atoms with E-state index in [1.54, 1.807) is 36.7 Å². The summed E-state index contributed by atoms with van der Waals surface area (Å²) in [5.41, 5.74) is 2.40. The third-order valence-corrected chi connectivity index (χ3v) is 5.30. The number of hydrogen-bond donors (Lipinski definition) is 1. The zero-order valence-corrected chi connectivity index (χ0v) is 17.5. The van der Waals surface area contributed by atoms with Gasteiger partial charge in [0.25, 0.3) is 5.56 Å². The highest BCUT2D eigenvalue weighted by Crippen LogP contribution is 2.21. The summed E-state index contributed by atoms with van der Waals surface area (Å²) in [6.45, 7) is 5.27. The van der Waals surface area contributed by atoms with Gasteiger partial charge < -0.3 is 5.32 Å². The average molecular weight is 419 g/mol. The molecule has 2 aromatic heterocycles. The van der Waals surface area contributed by atoms with Crippen LogP contribution in [0.25, 0.3) is 16.6 Å². The molecule has 8 heteroatoms. The Hall–Kier alpha value is -3.81. The van der Waals surface area contributed by atoms with Crippen molar-refractivity contribution in [3.8, 4) is 5.69 Å². The number of halogens is 1. The normalized spacial score (nSPS) is 12.1. The molecular formula is C23H22FN5O2. The molecule has 158 valence electrons. The summed E-state index contributed by atoms with van der Waals surface area (Å²) >= 11 is 0. The van der Waals surface area contributed by atoms with Gasteiger partial charge in [0.05, 0.1) is 22.5 Å². The summed E-state index contributed by atoms with van der Waals surface area (Å²) in [7, 11) is 0. The number of nitrogens with one attached hydrogen (secondary N) is 1. The molecule has 0 unspecified atom stereocenters. The molecule has 1 N–H and O–H groups in total. The summed E-state index contributed by atoms with van der Waals surface area (Å²) < 4.78 is 16.6. The van der Waals surface area contributed by atoms with E-state index in [0.717, 1.165) is 16.1 Å². The fraction of sp³-hybridized carbons (Fsp3) is 0.217. The van der Waals surface area contributed by atoms with E-state index in [4.69, 9.17) is 0 Å². The molecule has 31 heavy (non-hydrogen) atoms. The van der Waals surface area contributed by atoms with E-state index >= 15 is 0 Å². The number of nitrogens with zero attached hydrogens (tertiary/aromatic N) is 4. The smallest absolute Gasteiger partial charge is 0.295 e. The zero-order valence-electron chi connectivity index (χ0n) is 17.5. The fourth-order valence-electron chi connectivity index (χ4n) is 3.62. The number of carbonyl (C=O) groups excluding carboxylic acids is 1. The third-order valence-electron chi connectivity index (χ3n) is 5.30. The molecule has 4 aromatic rings. The van der Waals surface area contributed by atoms with Crippen molar-refractivity contribution in [2.75, 3.05) is 0 Å². The summed E-state index contributed by atoms with van der Waals surface area (Å²) in [4.78, 5) is 25.8.